The number of aryl methyl sites for hydroxylation is 1. The molecule has 0 amide bonds. The largest absolute Gasteiger partial charge is 0.491 e. The maximum absolute atomic E-state index is 11.7. The van der Waals surface area contributed by atoms with E-state index in [1.807, 2.05) is 13.0 Å². The van der Waals surface area contributed by atoms with E-state index in [-0.39, 0.29) is 12.6 Å². The predicted octanol–water partition coefficient (Wildman–Crippen LogP) is 3.04. The normalized spacial score (nSPS) is 12.3. The molecule has 0 fully saturated rings. The molecule has 21 heavy (non-hydrogen) atoms. The van der Waals surface area contributed by atoms with Crippen LogP contribution >= 0.6 is 0 Å². The van der Waals surface area contributed by atoms with Crippen molar-refractivity contribution in [2.75, 3.05) is 20.3 Å². The van der Waals surface area contributed by atoms with E-state index in [0.717, 1.165) is 24.3 Å². The van der Waals surface area contributed by atoms with Crippen molar-refractivity contribution in [1.82, 2.24) is 5.32 Å². The maximum atomic E-state index is 11.7. The van der Waals surface area contributed by atoms with Gasteiger partial charge in [-0.15, -0.1) is 0 Å². The van der Waals surface area contributed by atoms with Gasteiger partial charge in [0.25, 0.3) is 0 Å². The van der Waals surface area contributed by atoms with Crippen LogP contribution in [0.15, 0.2) is 18.2 Å². The minimum Gasteiger partial charge on any atom is -0.491 e. The average molecular weight is 293 g/mol. The van der Waals surface area contributed by atoms with Gasteiger partial charge in [-0.3, -0.25) is 4.79 Å². The third-order valence-electron chi connectivity index (χ3n) is 3.41. The van der Waals surface area contributed by atoms with Crippen LogP contribution in [0.25, 0.3) is 0 Å². The summed E-state index contributed by atoms with van der Waals surface area (Å²) in [5.74, 6) is 0.983. The lowest BCUT2D eigenvalue weighted by molar-refractivity contribution is -0.143. The third-order valence-corrected chi connectivity index (χ3v) is 3.41. The molecular formula is C17H27NO3. The maximum Gasteiger partial charge on any atom is 0.326 e. The first-order valence-electron chi connectivity index (χ1n) is 7.54. The Hall–Kier alpha value is -1.55. The van der Waals surface area contributed by atoms with E-state index < -0.39 is 6.04 Å². The Morgan fingerprint density at radius 3 is 2.62 bits per heavy atom. The van der Waals surface area contributed by atoms with Gasteiger partial charge in [0, 0.05) is 0 Å². The lowest BCUT2D eigenvalue weighted by atomic mass is 10.0. The molecule has 1 aromatic rings. The topological polar surface area (TPSA) is 47.6 Å². The van der Waals surface area contributed by atoms with Gasteiger partial charge in [-0.1, -0.05) is 32.9 Å². The lowest BCUT2D eigenvalue weighted by Crippen LogP contribution is -2.42. The number of carbonyl (C=O) groups excluding carboxylic acids is 1. The summed E-state index contributed by atoms with van der Waals surface area (Å²) < 4.78 is 10.7. The Kier molecular flexibility index (Phi) is 7.23. The van der Waals surface area contributed by atoms with Crippen LogP contribution in [0.4, 0.5) is 0 Å². The molecular weight excluding hydrogens is 266 g/mol. The second-order valence-electron chi connectivity index (χ2n) is 5.52. The Morgan fingerprint density at radius 1 is 1.33 bits per heavy atom. The molecule has 0 spiro atoms. The number of benzene rings is 1. The summed E-state index contributed by atoms with van der Waals surface area (Å²) in [5, 5.41) is 3.15. The Morgan fingerprint density at radius 2 is 2.05 bits per heavy atom. The van der Waals surface area contributed by atoms with E-state index in [9.17, 15) is 4.79 Å². The number of ether oxygens (including phenoxy) is 2. The van der Waals surface area contributed by atoms with E-state index in [1.165, 1.54) is 12.7 Å². The highest BCUT2D eigenvalue weighted by molar-refractivity contribution is 5.75. The van der Waals surface area contributed by atoms with E-state index in [4.69, 9.17) is 9.47 Å². The molecule has 1 unspecified atom stereocenters. The SMILES string of the molecule is CCCNC(COc1cc(C(C)C)ccc1C)C(=O)OC. The molecule has 4 heteroatoms. The molecule has 1 aromatic carbocycles. The quantitative estimate of drug-likeness (QED) is 0.748. The van der Waals surface area contributed by atoms with Gasteiger partial charge in [-0.25, -0.2) is 0 Å². The molecule has 1 rings (SSSR count). The van der Waals surface area contributed by atoms with Gasteiger partial charge < -0.3 is 14.8 Å². The molecule has 118 valence electrons. The van der Waals surface area contributed by atoms with E-state index in [0.29, 0.717) is 5.92 Å². The molecule has 4 nitrogen and oxygen atoms in total. The second kappa shape index (κ2) is 8.67. The predicted molar refractivity (Wildman–Crippen MR) is 84.9 cm³/mol. The number of carbonyl (C=O) groups is 1. The number of rotatable bonds is 8. The molecule has 0 aliphatic carbocycles. The van der Waals surface area contributed by atoms with Crippen molar-refractivity contribution >= 4 is 5.97 Å². The highest BCUT2D eigenvalue weighted by atomic mass is 16.5. The van der Waals surface area contributed by atoms with Gasteiger partial charge in [0.2, 0.25) is 0 Å². The third kappa shape index (κ3) is 5.38. The van der Waals surface area contributed by atoms with Gasteiger partial charge in [0.15, 0.2) is 0 Å². The fourth-order valence-electron chi connectivity index (χ4n) is 1.98. The van der Waals surface area contributed by atoms with Crippen LogP contribution in [-0.4, -0.2) is 32.3 Å². The van der Waals surface area contributed by atoms with Crippen LogP contribution in [0, 0.1) is 6.92 Å². The molecule has 0 radical (unpaired) electrons. The van der Waals surface area contributed by atoms with Crippen molar-refractivity contribution in [3.05, 3.63) is 29.3 Å². The van der Waals surface area contributed by atoms with Crippen molar-refractivity contribution in [3.63, 3.8) is 0 Å². The van der Waals surface area contributed by atoms with Gasteiger partial charge >= 0.3 is 5.97 Å². The number of methoxy groups -OCH3 is 1. The van der Waals surface area contributed by atoms with Crippen molar-refractivity contribution in [1.29, 1.82) is 0 Å². The highest BCUT2D eigenvalue weighted by Gasteiger charge is 2.19. The Labute approximate surface area is 127 Å². The number of hydrogen-bond donors (Lipinski definition) is 1. The molecule has 1 atom stereocenters. The minimum absolute atomic E-state index is 0.273. The molecule has 0 bridgehead atoms. The van der Waals surface area contributed by atoms with Crippen molar-refractivity contribution in [2.45, 2.75) is 46.1 Å². The average Bonchev–Trinajstić information content (AvgIpc) is 2.47. The monoisotopic (exact) mass is 293 g/mol. The van der Waals surface area contributed by atoms with Crippen LogP contribution in [0.2, 0.25) is 0 Å². The summed E-state index contributed by atoms with van der Waals surface area (Å²) in [6, 6.07) is 5.78. The van der Waals surface area contributed by atoms with E-state index in [2.05, 4.69) is 38.2 Å². The lowest BCUT2D eigenvalue weighted by Gasteiger charge is -2.18. The molecule has 0 aliphatic heterocycles. The fraction of sp³-hybridized carbons (Fsp3) is 0.588. The van der Waals surface area contributed by atoms with Gasteiger partial charge in [-0.05, 0) is 43.0 Å². The highest BCUT2D eigenvalue weighted by Crippen LogP contribution is 2.24. The first kappa shape index (κ1) is 17.5. The van der Waals surface area contributed by atoms with Crippen LogP contribution in [-0.2, 0) is 9.53 Å². The van der Waals surface area contributed by atoms with Gasteiger partial charge in [-0.2, -0.15) is 0 Å². The van der Waals surface area contributed by atoms with Gasteiger partial charge in [0.1, 0.15) is 18.4 Å². The summed E-state index contributed by atoms with van der Waals surface area (Å²) >= 11 is 0. The molecule has 0 aliphatic rings. The summed E-state index contributed by atoms with van der Waals surface area (Å²) in [6.45, 7) is 9.39. The Bertz CT molecular complexity index is 457. The zero-order chi connectivity index (χ0) is 15.8. The fourth-order valence-corrected chi connectivity index (χ4v) is 1.98. The van der Waals surface area contributed by atoms with Crippen LogP contribution in [0.1, 0.15) is 44.2 Å². The Balaban J connectivity index is 2.74. The molecule has 0 saturated heterocycles. The van der Waals surface area contributed by atoms with Gasteiger partial charge in [0.05, 0.1) is 7.11 Å². The minimum atomic E-state index is -0.433. The smallest absolute Gasteiger partial charge is 0.326 e. The second-order valence-corrected chi connectivity index (χ2v) is 5.52. The number of nitrogens with one attached hydrogen (secondary N) is 1. The first-order valence-corrected chi connectivity index (χ1v) is 7.54. The first-order chi connectivity index (χ1) is 9.99. The molecule has 0 aromatic heterocycles. The van der Waals surface area contributed by atoms with Crippen LogP contribution in [0.3, 0.4) is 0 Å². The van der Waals surface area contributed by atoms with Crippen LogP contribution in [0.5, 0.6) is 5.75 Å². The molecule has 0 heterocycles. The van der Waals surface area contributed by atoms with Crippen LogP contribution < -0.4 is 10.1 Å². The number of hydrogen-bond acceptors (Lipinski definition) is 4. The standard InChI is InChI=1S/C17H27NO3/c1-6-9-18-15(17(19)20-5)11-21-16-10-14(12(2)3)8-7-13(16)4/h7-8,10,12,15,18H,6,9,11H2,1-5H3. The summed E-state index contributed by atoms with van der Waals surface area (Å²) in [7, 11) is 1.40. The van der Waals surface area contributed by atoms with Crippen molar-refractivity contribution in [2.24, 2.45) is 0 Å². The number of esters is 1. The summed E-state index contributed by atoms with van der Waals surface area (Å²) in [5.41, 5.74) is 2.30. The van der Waals surface area contributed by atoms with E-state index in [1.54, 1.807) is 0 Å². The van der Waals surface area contributed by atoms with E-state index >= 15 is 0 Å². The molecule has 0 saturated carbocycles. The molecule has 1 N–H and O–H groups in total. The van der Waals surface area contributed by atoms with Crippen molar-refractivity contribution in [3.8, 4) is 5.75 Å². The summed E-state index contributed by atoms with van der Waals surface area (Å²) in [6.07, 6.45) is 0.954. The summed E-state index contributed by atoms with van der Waals surface area (Å²) in [4.78, 5) is 11.7. The zero-order valence-electron chi connectivity index (χ0n) is 13.7. The van der Waals surface area contributed by atoms with Crippen molar-refractivity contribution < 1.29 is 14.3 Å². The zero-order valence-corrected chi connectivity index (χ0v) is 13.7.